The van der Waals surface area contributed by atoms with Crippen LogP contribution in [0, 0.1) is 5.82 Å². The molecule has 1 aliphatic rings. The molecule has 0 saturated carbocycles. The second-order valence-corrected chi connectivity index (χ2v) is 6.61. The van der Waals surface area contributed by atoms with E-state index in [1.165, 1.54) is 12.1 Å². The molecule has 1 aromatic carbocycles. The summed E-state index contributed by atoms with van der Waals surface area (Å²) in [7, 11) is 0. The zero-order valence-corrected chi connectivity index (χ0v) is 15.5. The van der Waals surface area contributed by atoms with E-state index in [1.54, 1.807) is 0 Å². The highest BCUT2D eigenvalue weighted by Crippen LogP contribution is 2.31. The monoisotopic (exact) mass is 430 g/mol. The van der Waals surface area contributed by atoms with Crippen molar-refractivity contribution >= 4 is 29.0 Å². The molecule has 1 aliphatic heterocycles. The van der Waals surface area contributed by atoms with Crippen LogP contribution >= 0.6 is 11.6 Å². The van der Waals surface area contributed by atoms with Crippen LogP contribution in [0.4, 0.5) is 23.2 Å². The van der Waals surface area contributed by atoms with E-state index in [-0.39, 0.29) is 17.9 Å². The molecule has 2 heterocycles. The second-order valence-electron chi connectivity index (χ2n) is 6.20. The van der Waals surface area contributed by atoms with Gasteiger partial charge in [0.05, 0.1) is 29.6 Å². The van der Waals surface area contributed by atoms with Crippen LogP contribution in [0.2, 0.25) is 5.02 Å². The van der Waals surface area contributed by atoms with Gasteiger partial charge in [-0.1, -0.05) is 11.6 Å². The maximum Gasteiger partial charge on any atom is 0.417 e. The summed E-state index contributed by atoms with van der Waals surface area (Å²) in [6, 6.07) is 3.69. The Morgan fingerprint density at radius 2 is 2.07 bits per heavy atom. The molecule has 1 amide bonds. The molecule has 0 bridgehead atoms. The molecule has 3 rings (SSSR count). The van der Waals surface area contributed by atoms with Crippen molar-refractivity contribution < 1.29 is 27.1 Å². The van der Waals surface area contributed by atoms with Crippen molar-refractivity contribution in [2.75, 3.05) is 18.5 Å². The summed E-state index contributed by atoms with van der Waals surface area (Å²) in [5, 5.41) is 1.97. The van der Waals surface area contributed by atoms with Crippen molar-refractivity contribution in [2.24, 2.45) is 10.7 Å². The van der Waals surface area contributed by atoms with Gasteiger partial charge in [-0.15, -0.1) is 0 Å². The van der Waals surface area contributed by atoms with Crippen LogP contribution in [-0.2, 0) is 10.9 Å². The third-order valence-corrected chi connectivity index (χ3v) is 4.38. The van der Waals surface area contributed by atoms with Crippen molar-refractivity contribution in [3.63, 3.8) is 0 Å². The summed E-state index contributed by atoms with van der Waals surface area (Å²) in [6.45, 7) is 0.475. The fraction of sp³-hybridized carbons (Fsp3) is 0.278. The Balaban J connectivity index is 1.84. The van der Waals surface area contributed by atoms with Crippen LogP contribution < -0.4 is 11.1 Å². The number of anilines is 1. The van der Waals surface area contributed by atoms with E-state index in [0.29, 0.717) is 31.1 Å². The quantitative estimate of drug-likeness (QED) is 0.721. The van der Waals surface area contributed by atoms with Gasteiger partial charge in [0.1, 0.15) is 17.6 Å². The van der Waals surface area contributed by atoms with E-state index < -0.39 is 40.2 Å². The molecule has 2 aromatic rings. The Bertz CT molecular complexity index is 965. The fourth-order valence-electron chi connectivity index (χ4n) is 2.66. The van der Waals surface area contributed by atoms with Gasteiger partial charge >= 0.3 is 6.18 Å². The smallest absolute Gasteiger partial charge is 0.387 e. The number of alkyl halides is 3. The van der Waals surface area contributed by atoms with Crippen molar-refractivity contribution in [3.05, 3.63) is 58.1 Å². The third-order valence-electron chi connectivity index (χ3n) is 4.10. The molecule has 154 valence electrons. The van der Waals surface area contributed by atoms with E-state index in [4.69, 9.17) is 22.1 Å². The Hall–Kier alpha value is -2.72. The van der Waals surface area contributed by atoms with Crippen LogP contribution in [0.25, 0.3) is 0 Å². The number of amidine groups is 1. The molecule has 0 fully saturated rings. The zero-order chi connectivity index (χ0) is 21.2. The van der Waals surface area contributed by atoms with Crippen LogP contribution in [0.1, 0.15) is 34.1 Å². The first-order valence-electron chi connectivity index (χ1n) is 8.38. The molecule has 3 N–H and O–H groups in total. The van der Waals surface area contributed by atoms with E-state index in [2.05, 4.69) is 15.3 Å². The van der Waals surface area contributed by atoms with Crippen molar-refractivity contribution in [2.45, 2.75) is 18.6 Å². The number of aliphatic imine (C=N–C) groups is 1. The lowest BCUT2D eigenvalue weighted by molar-refractivity contribution is -0.137. The van der Waals surface area contributed by atoms with Crippen LogP contribution in [-0.4, -0.2) is 29.9 Å². The summed E-state index contributed by atoms with van der Waals surface area (Å²) in [5.41, 5.74) is 4.60. The first kappa shape index (κ1) is 21.0. The highest BCUT2D eigenvalue weighted by Gasteiger charge is 2.32. The molecule has 1 atom stereocenters. The summed E-state index contributed by atoms with van der Waals surface area (Å²) >= 11 is 5.78. The van der Waals surface area contributed by atoms with Crippen molar-refractivity contribution in [1.82, 2.24) is 4.98 Å². The third kappa shape index (κ3) is 5.01. The predicted molar refractivity (Wildman–Crippen MR) is 98.4 cm³/mol. The molecule has 0 radical (unpaired) electrons. The fourth-order valence-corrected chi connectivity index (χ4v) is 2.91. The molecule has 0 aliphatic carbocycles. The van der Waals surface area contributed by atoms with Gasteiger partial charge in [0.25, 0.3) is 5.91 Å². The molecule has 0 saturated heterocycles. The maximum atomic E-state index is 14.3. The Labute approximate surface area is 167 Å². The van der Waals surface area contributed by atoms with E-state index >= 15 is 0 Å². The first-order chi connectivity index (χ1) is 13.6. The minimum absolute atomic E-state index is 0.112. The van der Waals surface area contributed by atoms with Crippen LogP contribution in [0.3, 0.4) is 0 Å². The number of nitrogens with zero attached hydrogens (tertiary/aromatic N) is 2. The predicted octanol–water partition coefficient (Wildman–Crippen LogP) is 3.96. The average Bonchev–Trinajstić information content (AvgIpc) is 2.86. The number of halogens is 5. The first-order valence-corrected chi connectivity index (χ1v) is 8.76. The highest BCUT2D eigenvalue weighted by atomic mass is 35.5. The standard InChI is InChI=1S/C18H15ClF4N4O2/c19-12-5-9(18(21,22)23)7-25-16(12)17(28)26-10-1-2-13(20)11(6-10)14-8-29-4-3-15(24)27-14/h1-2,5-7,14H,3-4,8H2,(H2,24,27)(H,26,28). The summed E-state index contributed by atoms with van der Waals surface area (Å²) in [6.07, 6.45) is -3.70. The number of hydrogen-bond acceptors (Lipinski definition) is 5. The van der Waals surface area contributed by atoms with Gasteiger partial charge in [-0.3, -0.25) is 9.79 Å². The van der Waals surface area contributed by atoms with Gasteiger partial charge in [0.15, 0.2) is 0 Å². The minimum atomic E-state index is -4.64. The number of nitrogens with two attached hydrogens (primary N) is 1. The Kier molecular flexibility index (Phi) is 6.04. The lowest BCUT2D eigenvalue weighted by Crippen LogP contribution is -2.17. The van der Waals surface area contributed by atoms with Gasteiger partial charge in [-0.2, -0.15) is 13.2 Å². The Morgan fingerprint density at radius 1 is 1.31 bits per heavy atom. The number of carbonyl (C=O) groups is 1. The lowest BCUT2D eigenvalue weighted by atomic mass is 10.1. The number of benzene rings is 1. The van der Waals surface area contributed by atoms with Gasteiger partial charge < -0.3 is 15.8 Å². The molecule has 0 spiro atoms. The van der Waals surface area contributed by atoms with Gasteiger partial charge in [0, 0.05) is 23.9 Å². The average molecular weight is 431 g/mol. The molecule has 1 unspecified atom stereocenters. The van der Waals surface area contributed by atoms with E-state index in [1.807, 2.05) is 0 Å². The van der Waals surface area contributed by atoms with Gasteiger partial charge in [0.2, 0.25) is 0 Å². The number of amides is 1. The number of aromatic nitrogens is 1. The largest absolute Gasteiger partial charge is 0.417 e. The molecule has 11 heteroatoms. The topological polar surface area (TPSA) is 89.6 Å². The Morgan fingerprint density at radius 3 is 2.76 bits per heavy atom. The normalized spacial score (nSPS) is 17.4. The minimum Gasteiger partial charge on any atom is -0.387 e. The molecular weight excluding hydrogens is 416 g/mol. The second kappa shape index (κ2) is 8.34. The molecule has 29 heavy (non-hydrogen) atoms. The number of hydrogen-bond donors (Lipinski definition) is 2. The van der Waals surface area contributed by atoms with Crippen LogP contribution in [0.5, 0.6) is 0 Å². The summed E-state index contributed by atoms with van der Waals surface area (Å²) < 4.78 is 57.7. The number of ether oxygens (including phenoxy) is 1. The van der Waals surface area contributed by atoms with Crippen molar-refractivity contribution in [3.8, 4) is 0 Å². The number of rotatable bonds is 3. The summed E-state index contributed by atoms with van der Waals surface area (Å²) in [4.78, 5) is 20.1. The maximum absolute atomic E-state index is 14.3. The number of pyridine rings is 1. The zero-order valence-electron chi connectivity index (χ0n) is 14.8. The summed E-state index contributed by atoms with van der Waals surface area (Å²) in [5.74, 6) is -1.09. The van der Waals surface area contributed by atoms with E-state index in [0.717, 1.165) is 6.07 Å². The highest BCUT2D eigenvalue weighted by molar-refractivity contribution is 6.34. The molecule has 1 aromatic heterocycles. The SMILES string of the molecule is NC1=NC(c2cc(NC(=O)c3ncc(C(F)(F)F)cc3Cl)ccc2F)COCC1. The van der Waals surface area contributed by atoms with Gasteiger partial charge in [-0.25, -0.2) is 9.37 Å². The number of nitrogens with one attached hydrogen (secondary N) is 1. The van der Waals surface area contributed by atoms with E-state index in [9.17, 15) is 22.4 Å². The van der Waals surface area contributed by atoms with Crippen molar-refractivity contribution in [1.29, 1.82) is 0 Å². The molecule has 6 nitrogen and oxygen atoms in total. The van der Waals surface area contributed by atoms with Crippen LogP contribution in [0.15, 0.2) is 35.5 Å². The molecular formula is C18H15ClF4N4O2. The van der Waals surface area contributed by atoms with Gasteiger partial charge in [-0.05, 0) is 24.3 Å². The number of carbonyl (C=O) groups excluding carboxylic acids is 1. The lowest BCUT2D eigenvalue weighted by Gasteiger charge is -2.14.